The summed E-state index contributed by atoms with van der Waals surface area (Å²) in [5, 5.41) is 20.8. The lowest BCUT2D eigenvalue weighted by atomic mass is 10.2. The van der Waals surface area contributed by atoms with Crippen molar-refractivity contribution >= 4 is 17.7 Å². The highest BCUT2D eigenvalue weighted by Crippen LogP contribution is 2.20. The van der Waals surface area contributed by atoms with Crippen LogP contribution in [0.3, 0.4) is 0 Å². The molecule has 3 N–H and O–H groups in total. The molecule has 2 rings (SSSR count). The summed E-state index contributed by atoms with van der Waals surface area (Å²) >= 11 is 0. The Bertz CT molecular complexity index is 508. The van der Waals surface area contributed by atoms with E-state index < -0.39 is 30.0 Å². The summed E-state index contributed by atoms with van der Waals surface area (Å²) in [5.41, 5.74) is 0.232. The van der Waals surface area contributed by atoms with Crippen molar-refractivity contribution in [1.82, 2.24) is 4.90 Å². The fraction of sp³-hybridized carbons (Fsp3) is 0.333. The van der Waals surface area contributed by atoms with Gasteiger partial charge in [0.1, 0.15) is 11.9 Å². The molecule has 19 heavy (non-hydrogen) atoms. The first kappa shape index (κ1) is 13.3. The number of aliphatic hydroxyl groups is 1. The van der Waals surface area contributed by atoms with Crippen molar-refractivity contribution in [1.29, 1.82) is 0 Å². The van der Waals surface area contributed by atoms with Gasteiger partial charge in [-0.05, 0) is 18.2 Å². The van der Waals surface area contributed by atoms with E-state index in [4.69, 9.17) is 5.11 Å². The van der Waals surface area contributed by atoms with Crippen LogP contribution in [0, 0.1) is 5.82 Å². The monoisotopic (exact) mass is 268 g/mol. The predicted molar refractivity (Wildman–Crippen MR) is 64.2 cm³/mol. The number of amides is 2. The minimum Gasteiger partial charge on any atom is -0.480 e. The number of carbonyl (C=O) groups excluding carboxylic acids is 1. The van der Waals surface area contributed by atoms with Gasteiger partial charge in [-0.25, -0.2) is 14.0 Å². The Labute approximate surface area is 108 Å². The summed E-state index contributed by atoms with van der Waals surface area (Å²) in [4.78, 5) is 23.9. The van der Waals surface area contributed by atoms with Gasteiger partial charge in [-0.2, -0.15) is 0 Å². The van der Waals surface area contributed by atoms with Gasteiger partial charge in [0.2, 0.25) is 0 Å². The van der Waals surface area contributed by atoms with Crippen LogP contribution in [0.4, 0.5) is 14.9 Å². The van der Waals surface area contributed by atoms with Gasteiger partial charge in [-0.15, -0.1) is 0 Å². The summed E-state index contributed by atoms with van der Waals surface area (Å²) in [7, 11) is 0. The van der Waals surface area contributed by atoms with Gasteiger partial charge >= 0.3 is 12.0 Å². The number of hydrogen-bond acceptors (Lipinski definition) is 3. The van der Waals surface area contributed by atoms with E-state index in [0.29, 0.717) is 0 Å². The standard InChI is InChI=1S/C12H13FN2O4/c13-7-2-1-3-8(4-7)14-12(19)15-6-9(16)5-10(15)11(17)18/h1-4,9-10,16H,5-6H2,(H,14,19)(H,17,18)/t9-,10-/m1/s1. The highest BCUT2D eigenvalue weighted by Gasteiger charge is 2.38. The Morgan fingerprint density at radius 3 is 2.79 bits per heavy atom. The number of carboxylic acid groups (broad SMARTS) is 1. The summed E-state index contributed by atoms with van der Waals surface area (Å²) in [6.07, 6.45) is -0.870. The molecule has 2 atom stereocenters. The zero-order valence-electron chi connectivity index (χ0n) is 9.91. The number of carboxylic acids is 1. The van der Waals surface area contributed by atoms with Gasteiger partial charge in [0, 0.05) is 18.7 Å². The third-order valence-corrected chi connectivity index (χ3v) is 2.90. The summed E-state index contributed by atoms with van der Waals surface area (Å²) in [6, 6.07) is 3.54. The number of rotatable bonds is 2. The lowest BCUT2D eigenvalue weighted by molar-refractivity contribution is -0.141. The van der Waals surface area contributed by atoms with Crippen LogP contribution >= 0.6 is 0 Å². The molecule has 0 aromatic heterocycles. The Morgan fingerprint density at radius 1 is 1.42 bits per heavy atom. The average molecular weight is 268 g/mol. The third kappa shape index (κ3) is 3.00. The molecule has 0 radical (unpaired) electrons. The number of nitrogens with zero attached hydrogens (tertiary/aromatic N) is 1. The number of aliphatic hydroxyl groups excluding tert-OH is 1. The first-order chi connectivity index (χ1) is 8.97. The number of β-amino-alcohol motifs (C(OH)–C–C–N with tert-alkyl or cyclic N) is 1. The van der Waals surface area contributed by atoms with E-state index in [9.17, 15) is 19.1 Å². The van der Waals surface area contributed by atoms with E-state index in [1.807, 2.05) is 0 Å². The minimum absolute atomic E-state index is 0.00803. The molecule has 1 aromatic rings. The van der Waals surface area contributed by atoms with E-state index in [1.165, 1.54) is 18.2 Å². The number of anilines is 1. The van der Waals surface area contributed by atoms with Crippen molar-refractivity contribution in [3.8, 4) is 0 Å². The highest BCUT2D eigenvalue weighted by molar-refractivity contribution is 5.92. The maximum Gasteiger partial charge on any atom is 0.326 e. The summed E-state index contributed by atoms with van der Waals surface area (Å²) in [6.45, 7) is -0.0574. The van der Waals surface area contributed by atoms with Crippen molar-refractivity contribution in [2.24, 2.45) is 0 Å². The van der Waals surface area contributed by atoms with E-state index in [1.54, 1.807) is 0 Å². The Kier molecular flexibility index (Phi) is 3.66. The van der Waals surface area contributed by atoms with Gasteiger partial charge in [0.15, 0.2) is 0 Å². The molecule has 102 valence electrons. The SMILES string of the molecule is O=C(O)[C@H]1C[C@@H](O)CN1C(=O)Nc1cccc(F)c1. The molecular formula is C12H13FN2O4. The molecule has 0 aliphatic carbocycles. The molecule has 1 heterocycles. The first-order valence-electron chi connectivity index (χ1n) is 5.71. The minimum atomic E-state index is -1.18. The molecule has 1 aromatic carbocycles. The quantitative estimate of drug-likeness (QED) is 0.742. The van der Waals surface area contributed by atoms with E-state index in [0.717, 1.165) is 11.0 Å². The second-order valence-electron chi connectivity index (χ2n) is 4.34. The van der Waals surface area contributed by atoms with E-state index >= 15 is 0 Å². The third-order valence-electron chi connectivity index (χ3n) is 2.90. The fourth-order valence-corrected chi connectivity index (χ4v) is 2.03. The van der Waals surface area contributed by atoms with Crippen molar-refractivity contribution in [3.05, 3.63) is 30.1 Å². The number of halogens is 1. The van der Waals surface area contributed by atoms with Crippen LogP contribution in [0.25, 0.3) is 0 Å². The van der Waals surface area contributed by atoms with Gasteiger partial charge in [-0.1, -0.05) is 6.07 Å². The molecule has 6 nitrogen and oxygen atoms in total. The van der Waals surface area contributed by atoms with Crippen LogP contribution in [0.5, 0.6) is 0 Å². The number of aliphatic carboxylic acids is 1. The molecule has 0 saturated carbocycles. The predicted octanol–water partition coefficient (Wildman–Crippen LogP) is 0.877. The van der Waals surface area contributed by atoms with Gasteiger partial charge in [0.05, 0.1) is 6.10 Å². The van der Waals surface area contributed by atoms with Gasteiger partial charge in [-0.3, -0.25) is 0 Å². The van der Waals surface area contributed by atoms with Crippen molar-refractivity contribution in [2.75, 3.05) is 11.9 Å². The van der Waals surface area contributed by atoms with Crippen molar-refractivity contribution in [2.45, 2.75) is 18.6 Å². The second kappa shape index (κ2) is 5.23. The molecule has 0 spiro atoms. The zero-order valence-corrected chi connectivity index (χ0v) is 9.91. The normalized spacial score (nSPS) is 22.3. The lowest BCUT2D eigenvalue weighted by Gasteiger charge is -2.21. The first-order valence-corrected chi connectivity index (χ1v) is 5.71. The number of likely N-dealkylation sites (tertiary alicyclic amines) is 1. The largest absolute Gasteiger partial charge is 0.480 e. The molecule has 1 saturated heterocycles. The molecule has 2 amide bonds. The summed E-state index contributed by atoms with van der Waals surface area (Å²) in [5.74, 6) is -1.68. The molecule has 0 unspecified atom stereocenters. The number of urea groups is 1. The fourth-order valence-electron chi connectivity index (χ4n) is 2.03. The van der Waals surface area contributed by atoms with Crippen LogP contribution in [0.1, 0.15) is 6.42 Å². The molecular weight excluding hydrogens is 255 g/mol. The summed E-state index contributed by atoms with van der Waals surface area (Å²) < 4.78 is 13.0. The van der Waals surface area contributed by atoms with Crippen LogP contribution in [0.15, 0.2) is 24.3 Å². The van der Waals surface area contributed by atoms with E-state index in [2.05, 4.69) is 5.32 Å². The Balaban J connectivity index is 2.09. The maximum absolute atomic E-state index is 13.0. The highest BCUT2D eigenvalue weighted by atomic mass is 19.1. The number of benzene rings is 1. The number of carbonyl (C=O) groups is 2. The van der Waals surface area contributed by atoms with Gasteiger partial charge in [0.25, 0.3) is 0 Å². The van der Waals surface area contributed by atoms with Crippen LogP contribution in [0.2, 0.25) is 0 Å². The smallest absolute Gasteiger partial charge is 0.326 e. The Hall–Kier alpha value is -2.15. The van der Waals surface area contributed by atoms with Crippen LogP contribution < -0.4 is 5.32 Å². The zero-order chi connectivity index (χ0) is 14.0. The van der Waals surface area contributed by atoms with Crippen LogP contribution in [-0.4, -0.2) is 45.8 Å². The van der Waals surface area contributed by atoms with E-state index in [-0.39, 0.29) is 18.7 Å². The maximum atomic E-state index is 13.0. The van der Waals surface area contributed by atoms with Gasteiger partial charge < -0.3 is 20.4 Å². The molecule has 1 aliphatic heterocycles. The molecule has 7 heteroatoms. The lowest BCUT2D eigenvalue weighted by Crippen LogP contribution is -2.43. The second-order valence-corrected chi connectivity index (χ2v) is 4.34. The van der Waals surface area contributed by atoms with Crippen molar-refractivity contribution in [3.63, 3.8) is 0 Å². The topological polar surface area (TPSA) is 89.9 Å². The van der Waals surface area contributed by atoms with Crippen molar-refractivity contribution < 1.29 is 24.2 Å². The molecule has 0 bridgehead atoms. The Morgan fingerprint density at radius 2 is 2.16 bits per heavy atom. The number of nitrogens with one attached hydrogen (secondary N) is 1. The molecule has 1 aliphatic rings. The number of hydrogen-bond donors (Lipinski definition) is 3. The average Bonchev–Trinajstić information content (AvgIpc) is 2.71. The molecule has 1 fully saturated rings. The van der Waals surface area contributed by atoms with Crippen LogP contribution in [-0.2, 0) is 4.79 Å².